The van der Waals surface area contributed by atoms with Gasteiger partial charge in [0.2, 0.25) is 15.9 Å². The molecule has 0 saturated heterocycles. The van der Waals surface area contributed by atoms with E-state index in [0.29, 0.717) is 11.3 Å². The van der Waals surface area contributed by atoms with Crippen molar-refractivity contribution in [2.24, 2.45) is 0 Å². The molecule has 1 rings (SSSR count). The lowest BCUT2D eigenvalue weighted by Crippen LogP contribution is -2.36. The topological polar surface area (TPSA) is 84.5 Å². The number of nitrogens with one attached hydrogen (secondary N) is 2. The van der Waals surface area contributed by atoms with Crippen LogP contribution in [0.15, 0.2) is 24.3 Å². The van der Waals surface area contributed by atoms with Gasteiger partial charge in [0.15, 0.2) is 0 Å². The quantitative estimate of drug-likeness (QED) is 0.759. The van der Waals surface area contributed by atoms with Crippen molar-refractivity contribution in [3.05, 3.63) is 29.8 Å². The second kappa shape index (κ2) is 8.14. The standard InChI is InChI=1S/C15H24N2O4S/c1-5-11(2)16-15(18)10-14(17-22(4,19)20)12-6-8-13(21-3)9-7-12/h6-9,11,14,17H,5,10H2,1-4H3,(H,16,18)/t11-,14+/m0/s1. The molecule has 1 amide bonds. The third-order valence-electron chi connectivity index (χ3n) is 3.28. The van der Waals surface area contributed by atoms with Crippen molar-refractivity contribution in [2.75, 3.05) is 13.4 Å². The van der Waals surface area contributed by atoms with Crippen LogP contribution < -0.4 is 14.8 Å². The molecule has 0 fully saturated rings. The van der Waals surface area contributed by atoms with Crippen molar-refractivity contribution in [1.29, 1.82) is 0 Å². The van der Waals surface area contributed by atoms with E-state index in [9.17, 15) is 13.2 Å². The van der Waals surface area contributed by atoms with E-state index in [1.807, 2.05) is 13.8 Å². The number of carbonyl (C=O) groups is 1. The molecule has 0 bridgehead atoms. The third-order valence-corrected chi connectivity index (χ3v) is 4.00. The molecule has 0 spiro atoms. The van der Waals surface area contributed by atoms with E-state index < -0.39 is 16.1 Å². The highest BCUT2D eigenvalue weighted by Crippen LogP contribution is 2.21. The van der Waals surface area contributed by atoms with Gasteiger partial charge in [0.25, 0.3) is 0 Å². The van der Waals surface area contributed by atoms with Crippen LogP contribution in [-0.4, -0.2) is 33.7 Å². The molecule has 22 heavy (non-hydrogen) atoms. The van der Waals surface area contributed by atoms with E-state index in [1.54, 1.807) is 31.4 Å². The Morgan fingerprint density at radius 3 is 2.32 bits per heavy atom. The Labute approximate surface area is 132 Å². The smallest absolute Gasteiger partial charge is 0.222 e. The van der Waals surface area contributed by atoms with Gasteiger partial charge in [-0.25, -0.2) is 13.1 Å². The van der Waals surface area contributed by atoms with E-state index in [1.165, 1.54) is 0 Å². The van der Waals surface area contributed by atoms with Crippen LogP contribution >= 0.6 is 0 Å². The maximum Gasteiger partial charge on any atom is 0.222 e. The van der Waals surface area contributed by atoms with E-state index in [-0.39, 0.29) is 18.4 Å². The fraction of sp³-hybridized carbons (Fsp3) is 0.533. The number of methoxy groups -OCH3 is 1. The molecule has 0 aromatic heterocycles. The molecular formula is C15H24N2O4S. The number of hydrogen-bond donors (Lipinski definition) is 2. The van der Waals surface area contributed by atoms with Crippen molar-refractivity contribution in [1.82, 2.24) is 10.0 Å². The highest BCUT2D eigenvalue weighted by Gasteiger charge is 2.20. The molecule has 1 aromatic rings. The van der Waals surface area contributed by atoms with Crippen LogP contribution in [0.25, 0.3) is 0 Å². The van der Waals surface area contributed by atoms with Crippen LogP contribution in [0.4, 0.5) is 0 Å². The monoisotopic (exact) mass is 328 g/mol. The lowest BCUT2D eigenvalue weighted by Gasteiger charge is -2.19. The average Bonchev–Trinajstić information content (AvgIpc) is 2.45. The van der Waals surface area contributed by atoms with E-state index in [4.69, 9.17) is 4.74 Å². The molecular weight excluding hydrogens is 304 g/mol. The number of amides is 1. The Kier molecular flexibility index (Phi) is 6.83. The summed E-state index contributed by atoms with van der Waals surface area (Å²) in [4.78, 5) is 12.0. The van der Waals surface area contributed by atoms with Crippen molar-refractivity contribution >= 4 is 15.9 Å². The first kappa shape index (κ1) is 18.4. The molecule has 1 aromatic carbocycles. The van der Waals surface area contributed by atoms with Gasteiger partial charge >= 0.3 is 0 Å². The van der Waals surface area contributed by atoms with Gasteiger partial charge in [-0.1, -0.05) is 19.1 Å². The molecule has 6 nitrogen and oxygen atoms in total. The Hall–Kier alpha value is -1.60. The fourth-order valence-electron chi connectivity index (χ4n) is 1.94. The summed E-state index contributed by atoms with van der Waals surface area (Å²) in [7, 11) is -1.87. The number of sulfonamides is 1. The highest BCUT2D eigenvalue weighted by atomic mass is 32.2. The molecule has 2 atom stereocenters. The van der Waals surface area contributed by atoms with Gasteiger partial charge in [-0.2, -0.15) is 0 Å². The van der Waals surface area contributed by atoms with Crippen LogP contribution in [0.1, 0.15) is 38.3 Å². The second-order valence-corrected chi connectivity index (χ2v) is 7.08. The average molecular weight is 328 g/mol. The Balaban J connectivity index is 2.90. The van der Waals surface area contributed by atoms with Crippen LogP contribution in [-0.2, 0) is 14.8 Å². The molecule has 0 aliphatic heterocycles. The van der Waals surface area contributed by atoms with Gasteiger partial charge in [0.05, 0.1) is 19.4 Å². The van der Waals surface area contributed by atoms with E-state index >= 15 is 0 Å². The molecule has 0 unspecified atom stereocenters. The minimum absolute atomic E-state index is 0.0454. The molecule has 0 heterocycles. The summed E-state index contributed by atoms with van der Waals surface area (Å²) in [5.74, 6) is 0.484. The predicted octanol–water partition coefficient (Wildman–Crippen LogP) is 1.59. The highest BCUT2D eigenvalue weighted by molar-refractivity contribution is 7.88. The first-order chi connectivity index (χ1) is 10.2. The number of hydrogen-bond acceptors (Lipinski definition) is 4. The SMILES string of the molecule is CC[C@H](C)NC(=O)C[C@@H](NS(C)(=O)=O)c1ccc(OC)cc1. The van der Waals surface area contributed by atoms with E-state index in [2.05, 4.69) is 10.0 Å². The Morgan fingerprint density at radius 2 is 1.86 bits per heavy atom. The zero-order chi connectivity index (χ0) is 16.8. The van der Waals surface area contributed by atoms with Crippen LogP contribution in [0.2, 0.25) is 0 Å². The summed E-state index contributed by atoms with van der Waals surface area (Å²) >= 11 is 0. The second-order valence-electron chi connectivity index (χ2n) is 5.30. The lowest BCUT2D eigenvalue weighted by molar-refractivity contribution is -0.122. The summed E-state index contributed by atoms with van der Waals surface area (Å²) < 4.78 is 30.6. The summed E-state index contributed by atoms with van der Waals surface area (Å²) in [6.07, 6.45) is 1.94. The normalized spacial score (nSPS) is 14.2. The predicted molar refractivity (Wildman–Crippen MR) is 86.2 cm³/mol. The van der Waals surface area contributed by atoms with Crippen LogP contribution in [0.5, 0.6) is 5.75 Å². The molecule has 0 saturated carbocycles. The molecule has 0 aliphatic carbocycles. The van der Waals surface area contributed by atoms with Crippen molar-refractivity contribution in [3.8, 4) is 5.75 Å². The van der Waals surface area contributed by atoms with Gasteiger partial charge in [-0.15, -0.1) is 0 Å². The van der Waals surface area contributed by atoms with Gasteiger partial charge in [0.1, 0.15) is 5.75 Å². The van der Waals surface area contributed by atoms with Crippen molar-refractivity contribution < 1.29 is 17.9 Å². The van der Waals surface area contributed by atoms with Gasteiger partial charge in [-0.3, -0.25) is 4.79 Å². The first-order valence-corrected chi connectivity index (χ1v) is 9.05. The molecule has 0 radical (unpaired) electrons. The first-order valence-electron chi connectivity index (χ1n) is 7.15. The number of rotatable bonds is 8. The summed E-state index contributed by atoms with van der Waals surface area (Å²) in [5, 5.41) is 2.84. The lowest BCUT2D eigenvalue weighted by atomic mass is 10.0. The van der Waals surface area contributed by atoms with E-state index in [0.717, 1.165) is 12.7 Å². The molecule has 0 aliphatic rings. The number of ether oxygens (including phenoxy) is 1. The number of carbonyl (C=O) groups excluding carboxylic acids is 1. The summed E-state index contributed by atoms with van der Waals surface area (Å²) in [6, 6.07) is 6.42. The minimum Gasteiger partial charge on any atom is -0.497 e. The number of benzene rings is 1. The van der Waals surface area contributed by atoms with Gasteiger partial charge in [-0.05, 0) is 31.0 Å². The maximum atomic E-state index is 12.0. The largest absolute Gasteiger partial charge is 0.497 e. The Morgan fingerprint density at radius 1 is 1.27 bits per heavy atom. The van der Waals surface area contributed by atoms with Crippen molar-refractivity contribution in [3.63, 3.8) is 0 Å². The summed E-state index contributed by atoms with van der Waals surface area (Å²) in [5.41, 5.74) is 0.713. The van der Waals surface area contributed by atoms with Gasteiger partial charge in [0, 0.05) is 12.5 Å². The molecule has 124 valence electrons. The zero-order valence-electron chi connectivity index (χ0n) is 13.4. The van der Waals surface area contributed by atoms with Crippen LogP contribution in [0.3, 0.4) is 0 Å². The maximum absolute atomic E-state index is 12.0. The van der Waals surface area contributed by atoms with Gasteiger partial charge < -0.3 is 10.1 Å². The third kappa shape index (κ3) is 6.44. The summed E-state index contributed by atoms with van der Waals surface area (Å²) in [6.45, 7) is 3.88. The fourth-order valence-corrected chi connectivity index (χ4v) is 2.68. The zero-order valence-corrected chi connectivity index (χ0v) is 14.2. The minimum atomic E-state index is -3.43. The Bertz CT molecular complexity index is 584. The van der Waals surface area contributed by atoms with Crippen molar-refractivity contribution in [2.45, 2.75) is 38.8 Å². The van der Waals surface area contributed by atoms with Crippen LogP contribution in [0, 0.1) is 0 Å². The molecule has 7 heteroatoms. The molecule has 2 N–H and O–H groups in total.